The van der Waals surface area contributed by atoms with E-state index in [1.807, 2.05) is 6.07 Å². The molecule has 1 amide bonds. The van der Waals surface area contributed by atoms with E-state index in [2.05, 4.69) is 15.4 Å². The Morgan fingerprint density at radius 3 is 2.43 bits per heavy atom. The molecule has 2 radical (unpaired) electrons. The molecule has 0 saturated heterocycles. The second kappa shape index (κ2) is 8.32. The highest BCUT2D eigenvalue weighted by Crippen LogP contribution is 2.58. The molecule has 4 N–H and O–H groups in total. The molecule has 1 aliphatic rings. The summed E-state index contributed by atoms with van der Waals surface area (Å²) in [6.45, 7) is 0. The predicted molar refractivity (Wildman–Crippen MR) is 116 cm³/mol. The zero-order chi connectivity index (χ0) is 25.6. The molecular formula is C22H17BF3N5O4. The number of rotatable bonds is 6. The summed E-state index contributed by atoms with van der Waals surface area (Å²) in [5.74, 6) is -2.09. The smallest absolute Gasteiger partial charge is 0.398 e. The van der Waals surface area contributed by atoms with Crippen molar-refractivity contribution in [3.05, 3.63) is 75.3 Å². The van der Waals surface area contributed by atoms with Crippen molar-refractivity contribution in [1.29, 1.82) is 5.26 Å². The van der Waals surface area contributed by atoms with Gasteiger partial charge in [-0.2, -0.15) is 18.4 Å². The van der Waals surface area contributed by atoms with E-state index in [0.29, 0.717) is 10.2 Å². The summed E-state index contributed by atoms with van der Waals surface area (Å²) in [6, 6.07) is 9.82. The lowest BCUT2D eigenvalue weighted by Gasteiger charge is -2.24. The maximum atomic E-state index is 13.3. The van der Waals surface area contributed by atoms with Crippen molar-refractivity contribution in [3.63, 3.8) is 0 Å². The number of alkyl halides is 3. The second-order valence-corrected chi connectivity index (χ2v) is 8.25. The van der Waals surface area contributed by atoms with E-state index in [1.165, 1.54) is 36.4 Å². The van der Waals surface area contributed by atoms with E-state index in [0.717, 1.165) is 6.20 Å². The lowest BCUT2D eigenvalue weighted by Crippen LogP contribution is -2.42. The number of pyridine rings is 1. The van der Waals surface area contributed by atoms with Crippen molar-refractivity contribution in [2.75, 3.05) is 5.32 Å². The highest BCUT2D eigenvalue weighted by atomic mass is 19.4. The lowest BCUT2D eigenvalue weighted by molar-refractivity contribution is -0.160. The van der Waals surface area contributed by atoms with Gasteiger partial charge in [0.05, 0.1) is 23.1 Å². The van der Waals surface area contributed by atoms with Crippen LogP contribution in [0.15, 0.2) is 47.4 Å². The number of hydrogen-bond acceptors (Lipinski definition) is 6. The molecule has 13 heteroatoms. The minimum Gasteiger partial charge on any atom is -0.500 e. The third-order valence-electron chi connectivity index (χ3n) is 5.90. The van der Waals surface area contributed by atoms with Crippen molar-refractivity contribution in [2.24, 2.45) is 0 Å². The Morgan fingerprint density at radius 1 is 1.26 bits per heavy atom. The van der Waals surface area contributed by atoms with Crippen LogP contribution < -0.4 is 10.9 Å². The molecule has 2 aromatic heterocycles. The Kier molecular flexibility index (Phi) is 5.72. The number of halogens is 3. The Hall–Kier alpha value is -4.05. The van der Waals surface area contributed by atoms with Gasteiger partial charge in [0.1, 0.15) is 6.07 Å². The number of nitrogens with one attached hydrogen (secondary N) is 2. The van der Waals surface area contributed by atoms with E-state index >= 15 is 0 Å². The third-order valence-corrected chi connectivity index (χ3v) is 5.90. The van der Waals surface area contributed by atoms with Crippen LogP contribution >= 0.6 is 0 Å². The largest absolute Gasteiger partial charge is 0.500 e. The number of carbonyl (C=O) groups excluding carboxylic acids is 1. The van der Waals surface area contributed by atoms with Gasteiger partial charge in [-0.25, -0.2) is 4.68 Å². The molecule has 1 saturated carbocycles. The normalized spacial score (nSPS) is 16.2. The zero-order valence-electron chi connectivity index (χ0n) is 17.9. The van der Waals surface area contributed by atoms with Crippen molar-refractivity contribution in [3.8, 4) is 11.8 Å². The van der Waals surface area contributed by atoms with Gasteiger partial charge in [-0.15, -0.1) is 0 Å². The number of anilines is 1. The second-order valence-electron chi connectivity index (χ2n) is 8.25. The summed E-state index contributed by atoms with van der Waals surface area (Å²) in [7, 11) is 5.81. The molecule has 0 bridgehead atoms. The summed E-state index contributed by atoms with van der Waals surface area (Å²) in [6.07, 6.45) is -3.46. The number of aromatic nitrogens is 3. The molecule has 0 aliphatic heterocycles. The number of H-pyrrole nitrogens is 1. The van der Waals surface area contributed by atoms with E-state index in [-0.39, 0.29) is 36.1 Å². The predicted octanol–water partition coefficient (Wildman–Crippen LogP) is 1.74. The summed E-state index contributed by atoms with van der Waals surface area (Å²) >= 11 is 0. The van der Waals surface area contributed by atoms with Gasteiger partial charge < -0.3 is 15.5 Å². The first-order chi connectivity index (χ1) is 16.4. The quantitative estimate of drug-likeness (QED) is 0.394. The number of nitriles is 1. The van der Waals surface area contributed by atoms with Crippen LogP contribution in [0.25, 0.3) is 0 Å². The van der Waals surface area contributed by atoms with Gasteiger partial charge >= 0.3 is 11.7 Å². The van der Waals surface area contributed by atoms with E-state index in [4.69, 9.17) is 13.1 Å². The van der Waals surface area contributed by atoms with Crippen LogP contribution in [0.4, 0.5) is 19.0 Å². The molecule has 2 heterocycles. The van der Waals surface area contributed by atoms with Gasteiger partial charge in [0, 0.05) is 6.20 Å². The molecule has 0 spiro atoms. The summed E-state index contributed by atoms with van der Waals surface area (Å²) in [5, 5.41) is 34.2. The van der Waals surface area contributed by atoms with Gasteiger partial charge in [0.2, 0.25) is 11.7 Å². The van der Waals surface area contributed by atoms with Gasteiger partial charge in [0.15, 0.2) is 19.3 Å². The van der Waals surface area contributed by atoms with Crippen LogP contribution in [0.1, 0.15) is 35.2 Å². The van der Waals surface area contributed by atoms with Gasteiger partial charge in [-0.3, -0.25) is 19.7 Å². The van der Waals surface area contributed by atoms with Crippen LogP contribution in [-0.4, -0.2) is 44.9 Å². The summed E-state index contributed by atoms with van der Waals surface area (Å²) < 4.78 is 40.3. The van der Waals surface area contributed by atoms with Crippen molar-refractivity contribution < 1.29 is 28.2 Å². The summed E-state index contributed by atoms with van der Waals surface area (Å²) in [4.78, 5) is 28.7. The first kappa shape index (κ1) is 24.1. The van der Waals surface area contributed by atoms with Crippen LogP contribution in [0.2, 0.25) is 0 Å². The van der Waals surface area contributed by atoms with Gasteiger partial charge in [0.25, 0.3) is 0 Å². The zero-order valence-corrected chi connectivity index (χ0v) is 17.9. The van der Waals surface area contributed by atoms with Crippen molar-refractivity contribution in [2.45, 2.75) is 36.5 Å². The number of aromatic hydroxyl groups is 1. The highest BCUT2D eigenvalue weighted by Gasteiger charge is 2.64. The minimum atomic E-state index is -4.35. The number of amides is 1. The fourth-order valence-electron chi connectivity index (χ4n) is 3.72. The van der Waals surface area contributed by atoms with Gasteiger partial charge in [-0.05, 0) is 36.1 Å². The standard InChI is InChI=1S/C22H17BF3N5O4/c23-21(35,15-6-3-13(10-27)11-28-15)31-19(34)17(33)18(30-31)29-16(32)9-12-1-4-14(5-2-12)20(7-8-20)22(24,25)26/h1-6,11,30,33,35H,7-9H2,(H,29,32). The molecule has 1 aromatic carbocycles. The van der Waals surface area contributed by atoms with Crippen LogP contribution in [0, 0.1) is 11.3 Å². The number of aromatic amines is 1. The maximum Gasteiger partial charge on any atom is 0.398 e. The van der Waals surface area contributed by atoms with E-state index in [1.54, 1.807) is 0 Å². The molecule has 4 rings (SSSR count). The van der Waals surface area contributed by atoms with Crippen LogP contribution in [-0.2, 0) is 22.3 Å². The third kappa shape index (κ3) is 4.28. The Bertz CT molecular complexity index is 1370. The summed E-state index contributed by atoms with van der Waals surface area (Å²) in [5.41, 5.74) is -5.07. The van der Waals surface area contributed by atoms with Crippen molar-refractivity contribution in [1.82, 2.24) is 14.8 Å². The van der Waals surface area contributed by atoms with Crippen LogP contribution in [0.5, 0.6) is 5.75 Å². The van der Waals surface area contributed by atoms with Gasteiger partial charge in [-0.1, -0.05) is 24.3 Å². The molecule has 178 valence electrons. The molecule has 35 heavy (non-hydrogen) atoms. The maximum absolute atomic E-state index is 13.3. The SMILES string of the molecule is [B]C(O)(c1ccc(C#N)cn1)n1[nH]c(NC(=O)Cc2ccc(C3(C(F)(F)F)CC3)cc2)c(O)c1=O. The topological polar surface area (TPSA) is 144 Å². The average molecular weight is 483 g/mol. The fourth-order valence-corrected chi connectivity index (χ4v) is 3.72. The molecule has 1 atom stereocenters. The van der Waals surface area contributed by atoms with E-state index in [9.17, 15) is 33.0 Å². The Morgan fingerprint density at radius 2 is 1.91 bits per heavy atom. The molecule has 1 unspecified atom stereocenters. The minimum absolute atomic E-state index is 0.0193. The number of benzene rings is 1. The monoisotopic (exact) mass is 483 g/mol. The fraction of sp³-hybridized carbons (Fsp3) is 0.273. The number of hydrogen-bond donors (Lipinski definition) is 4. The number of carbonyl (C=O) groups is 1. The number of nitrogens with zero attached hydrogens (tertiary/aromatic N) is 3. The van der Waals surface area contributed by atoms with Crippen molar-refractivity contribution >= 4 is 19.6 Å². The first-order valence-corrected chi connectivity index (χ1v) is 10.3. The molecule has 1 fully saturated rings. The molecule has 1 aliphatic carbocycles. The first-order valence-electron chi connectivity index (χ1n) is 10.3. The molecule has 9 nitrogen and oxygen atoms in total. The van der Waals surface area contributed by atoms with Crippen LogP contribution in [0.3, 0.4) is 0 Å². The Balaban J connectivity index is 1.49. The lowest BCUT2D eigenvalue weighted by atomic mass is 9.87. The highest BCUT2D eigenvalue weighted by molar-refractivity contribution is 6.14. The average Bonchev–Trinajstić information content (AvgIpc) is 3.59. The Labute approximate surface area is 197 Å². The molecule has 3 aromatic rings. The van der Waals surface area contributed by atoms with E-state index < -0.39 is 40.2 Å². The number of aliphatic hydroxyl groups is 1. The molecular weight excluding hydrogens is 466 g/mol.